The number of amides is 1. The molecule has 1 heterocycles. The van der Waals surface area contributed by atoms with E-state index in [1.54, 1.807) is 0 Å². The molecule has 0 aliphatic carbocycles. The topological polar surface area (TPSA) is 64.3 Å². The van der Waals surface area contributed by atoms with Crippen LogP contribution in [0.1, 0.15) is 0 Å². The van der Waals surface area contributed by atoms with Crippen LogP contribution in [0.25, 0.3) is 0 Å². The Morgan fingerprint density at radius 3 is 2.94 bits per heavy atom. The third-order valence-corrected chi connectivity index (χ3v) is 3.34. The van der Waals surface area contributed by atoms with Gasteiger partial charge < -0.3 is 15.8 Å². The molecule has 4 nitrogen and oxygen atoms in total. The summed E-state index contributed by atoms with van der Waals surface area (Å²) in [6.07, 6.45) is 0. The van der Waals surface area contributed by atoms with Gasteiger partial charge in [0, 0.05) is 10.5 Å². The Labute approximate surface area is 106 Å². The van der Waals surface area contributed by atoms with Gasteiger partial charge in [-0.2, -0.15) is 0 Å². The first-order valence-electron chi connectivity index (χ1n) is 5.17. The van der Waals surface area contributed by atoms with Crippen LogP contribution in [0.15, 0.2) is 22.7 Å². The molecular weight excluding hydrogens is 291 g/mol. The quantitative estimate of drug-likeness (QED) is 0.870. The molecular formula is C11H12BrFN2O2. The van der Waals surface area contributed by atoms with Gasteiger partial charge in [-0.25, -0.2) is 4.39 Å². The molecule has 1 fully saturated rings. The lowest BCUT2D eigenvalue weighted by molar-refractivity contribution is -0.120. The lowest BCUT2D eigenvalue weighted by atomic mass is 10.0. The van der Waals surface area contributed by atoms with E-state index >= 15 is 0 Å². The van der Waals surface area contributed by atoms with Gasteiger partial charge in [-0.1, -0.05) is 0 Å². The molecule has 1 aromatic rings. The zero-order valence-corrected chi connectivity index (χ0v) is 10.5. The summed E-state index contributed by atoms with van der Waals surface area (Å²) in [5.41, 5.74) is 6.13. The first-order valence-corrected chi connectivity index (χ1v) is 5.96. The molecule has 1 saturated heterocycles. The maximum absolute atomic E-state index is 13.0. The van der Waals surface area contributed by atoms with Crippen molar-refractivity contribution >= 4 is 27.5 Å². The number of rotatable bonds is 2. The van der Waals surface area contributed by atoms with Gasteiger partial charge in [0.25, 0.3) is 0 Å². The molecule has 17 heavy (non-hydrogen) atoms. The lowest BCUT2D eigenvalue weighted by Gasteiger charge is -2.14. The number of anilines is 1. The second kappa shape index (κ2) is 5.12. The Kier molecular flexibility index (Phi) is 3.76. The number of halogens is 2. The van der Waals surface area contributed by atoms with Gasteiger partial charge in [0.1, 0.15) is 5.82 Å². The smallest absolute Gasteiger partial charge is 0.231 e. The van der Waals surface area contributed by atoms with Crippen molar-refractivity contribution in [3.63, 3.8) is 0 Å². The summed E-state index contributed by atoms with van der Waals surface area (Å²) in [6, 6.07) is 3.80. The second-order valence-electron chi connectivity index (χ2n) is 3.92. The Morgan fingerprint density at radius 2 is 2.29 bits per heavy atom. The first kappa shape index (κ1) is 12.5. The van der Waals surface area contributed by atoms with Gasteiger partial charge in [0.05, 0.1) is 24.8 Å². The summed E-state index contributed by atoms with van der Waals surface area (Å²) in [5.74, 6) is -1.04. The average molecular weight is 303 g/mol. The molecule has 1 aliphatic heterocycles. The molecule has 0 spiro atoms. The Balaban J connectivity index is 2.10. The molecule has 2 atom stereocenters. The van der Waals surface area contributed by atoms with Crippen molar-refractivity contribution in [3.8, 4) is 0 Å². The van der Waals surface area contributed by atoms with Crippen molar-refractivity contribution in [2.24, 2.45) is 11.7 Å². The van der Waals surface area contributed by atoms with Crippen LogP contribution >= 0.6 is 15.9 Å². The highest BCUT2D eigenvalue weighted by Gasteiger charge is 2.31. The Bertz CT molecular complexity index is 441. The minimum absolute atomic E-state index is 0.249. The van der Waals surface area contributed by atoms with Crippen LogP contribution < -0.4 is 11.1 Å². The van der Waals surface area contributed by atoms with E-state index in [0.29, 0.717) is 23.4 Å². The van der Waals surface area contributed by atoms with E-state index in [2.05, 4.69) is 21.2 Å². The van der Waals surface area contributed by atoms with E-state index in [4.69, 9.17) is 10.5 Å². The molecule has 1 aromatic carbocycles. The van der Waals surface area contributed by atoms with Crippen molar-refractivity contribution in [1.29, 1.82) is 0 Å². The predicted molar refractivity (Wildman–Crippen MR) is 65.0 cm³/mol. The summed E-state index contributed by atoms with van der Waals surface area (Å²) in [4.78, 5) is 11.9. The van der Waals surface area contributed by atoms with E-state index in [-0.39, 0.29) is 17.9 Å². The van der Waals surface area contributed by atoms with Crippen LogP contribution in [0.3, 0.4) is 0 Å². The molecule has 0 aromatic heterocycles. The van der Waals surface area contributed by atoms with E-state index in [0.717, 1.165) is 0 Å². The molecule has 0 bridgehead atoms. The number of hydrogen-bond acceptors (Lipinski definition) is 3. The third-order valence-electron chi connectivity index (χ3n) is 2.65. The maximum atomic E-state index is 13.0. The zero-order valence-electron chi connectivity index (χ0n) is 8.95. The third kappa shape index (κ3) is 2.83. The van der Waals surface area contributed by atoms with Crippen molar-refractivity contribution in [2.45, 2.75) is 6.04 Å². The second-order valence-corrected chi connectivity index (χ2v) is 4.78. The number of nitrogens with two attached hydrogens (primary N) is 1. The molecule has 1 amide bonds. The zero-order chi connectivity index (χ0) is 12.4. The highest BCUT2D eigenvalue weighted by Crippen LogP contribution is 2.24. The lowest BCUT2D eigenvalue weighted by Crippen LogP contribution is -2.37. The number of ether oxygens (including phenoxy) is 1. The molecule has 6 heteroatoms. The SMILES string of the molecule is NC1COCC1C(=O)Nc1cc(F)ccc1Br. The minimum Gasteiger partial charge on any atom is -0.379 e. The fraction of sp³-hybridized carbons (Fsp3) is 0.364. The van der Waals surface area contributed by atoms with Crippen molar-refractivity contribution in [3.05, 3.63) is 28.5 Å². The summed E-state index contributed by atoms with van der Waals surface area (Å²) in [6.45, 7) is 0.683. The van der Waals surface area contributed by atoms with E-state index in [1.807, 2.05) is 0 Å². The summed E-state index contributed by atoms with van der Waals surface area (Å²) < 4.78 is 18.8. The number of carbonyl (C=O) groups excluding carboxylic acids is 1. The minimum atomic E-state index is -0.407. The number of nitrogens with one attached hydrogen (secondary N) is 1. The van der Waals surface area contributed by atoms with Crippen LogP contribution in [-0.2, 0) is 9.53 Å². The van der Waals surface area contributed by atoms with Gasteiger partial charge in [-0.15, -0.1) is 0 Å². The predicted octanol–water partition coefficient (Wildman–Crippen LogP) is 1.50. The molecule has 3 N–H and O–H groups in total. The monoisotopic (exact) mass is 302 g/mol. The number of hydrogen-bond donors (Lipinski definition) is 2. The maximum Gasteiger partial charge on any atom is 0.231 e. The highest BCUT2D eigenvalue weighted by atomic mass is 79.9. The van der Waals surface area contributed by atoms with Crippen molar-refractivity contribution < 1.29 is 13.9 Å². The van der Waals surface area contributed by atoms with Gasteiger partial charge in [-0.05, 0) is 34.1 Å². The van der Waals surface area contributed by atoms with Crippen LogP contribution in [0.5, 0.6) is 0 Å². The van der Waals surface area contributed by atoms with Crippen LogP contribution in [0.2, 0.25) is 0 Å². The summed E-state index contributed by atoms with van der Waals surface area (Å²) in [7, 11) is 0. The Morgan fingerprint density at radius 1 is 1.53 bits per heavy atom. The molecule has 0 saturated carbocycles. The van der Waals surface area contributed by atoms with Crippen LogP contribution in [-0.4, -0.2) is 25.2 Å². The van der Waals surface area contributed by atoms with Crippen molar-refractivity contribution in [2.75, 3.05) is 18.5 Å². The molecule has 0 radical (unpaired) electrons. The molecule has 92 valence electrons. The van der Waals surface area contributed by atoms with Gasteiger partial charge >= 0.3 is 0 Å². The first-order chi connectivity index (χ1) is 8.08. The largest absolute Gasteiger partial charge is 0.379 e. The van der Waals surface area contributed by atoms with E-state index < -0.39 is 5.82 Å². The summed E-state index contributed by atoms with van der Waals surface area (Å²) in [5, 5.41) is 2.64. The molecule has 2 unspecified atom stereocenters. The standard InChI is InChI=1S/C11H12BrFN2O2/c12-8-2-1-6(13)3-10(8)15-11(16)7-4-17-5-9(7)14/h1-3,7,9H,4-5,14H2,(H,15,16). The number of benzene rings is 1. The van der Waals surface area contributed by atoms with Crippen LogP contribution in [0, 0.1) is 11.7 Å². The van der Waals surface area contributed by atoms with Crippen LogP contribution in [0.4, 0.5) is 10.1 Å². The van der Waals surface area contributed by atoms with Crippen molar-refractivity contribution in [1.82, 2.24) is 0 Å². The molecule has 2 rings (SSSR count). The van der Waals surface area contributed by atoms with Gasteiger partial charge in [-0.3, -0.25) is 4.79 Å². The Hall–Kier alpha value is -0.980. The van der Waals surface area contributed by atoms with Gasteiger partial charge in [0.15, 0.2) is 0 Å². The highest BCUT2D eigenvalue weighted by molar-refractivity contribution is 9.10. The average Bonchev–Trinajstić information content (AvgIpc) is 2.70. The fourth-order valence-corrected chi connectivity index (χ4v) is 2.01. The van der Waals surface area contributed by atoms with E-state index in [9.17, 15) is 9.18 Å². The van der Waals surface area contributed by atoms with Gasteiger partial charge in [0.2, 0.25) is 5.91 Å². The normalized spacial score (nSPS) is 23.7. The van der Waals surface area contributed by atoms with E-state index in [1.165, 1.54) is 18.2 Å². The summed E-state index contributed by atoms with van der Waals surface area (Å²) >= 11 is 3.24. The molecule has 1 aliphatic rings. The fourth-order valence-electron chi connectivity index (χ4n) is 1.66. The number of carbonyl (C=O) groups is 1.